The van der Waals surface area contributed by atoms with Crippen LogP contribution in [0.4, 0.5) is 10.5 Å². The molecule has 3 aromatic rings. The van der Waals surface area contributed by atoms with Gasteiger partial charge in [-0.05, 0) is 47.7 Å². The third kappa shape index (κ3) is 3.03. The molecule has 0 atom stereocenters. The standard InChI is InChI=1S/C21H18N2O4S/c1-13-20(24)23(21(25)28-13)19-6-4-5-18-17(19)7-8-22(18)12-14-9-15(26-2)11-16(10-14)27-3/h4-11H,1,12H2,2-3H3. The van der Waals surface area contributed by atoms with E-state index in [1.807, 2.05) is 42.6 Å². The smallest absolute Gasteiger partial charge is 0.298 e. The second kappa shape index (κ2) is 7.09. The molecule has 0 radical (unpaired) electrons. The Balaban J connectivity index is 1.74. The molecule has 2 aromatic carbocycles. The molecule has 0 spiro atoms. The van der Waals surface area contributed by atoms with Crippen LogP contribution in [-0.4, -0.2) is 29.9 Å². The highest BCUT2D eigenvalue weighted by Crippen LogP contribution is 2.37. The molecule has 0 saturated carbocycles. The number of rotatable bonds is 5. The number of imide groups is 1. The van der Waals surface area contributed by atoms with E-state index in [4.69, 9.17) is 9.47 Å². The Bertz CT molecular complexity index is 1100. The minimum absolute atomic E-state index is 0.241. The van der Waals surface area contributed by atoms with Crippen LogP contribution < -0.4 is 14.4 Å². The summed E-state index contributed by atoms with van der Waals surface area (Å²) >= 11 is 0.866. The minimum Gasteiger partial charge on any atom is -0.497 e. The molecule has 0 bridgehead atoms. The molecule has 6 nitrogen and oxygen atoms in total. The van der Waals surface area contributed by atoms with Crippen LogP contribution in [-0.2, 0) is 11.3 Å². The topological polar surface area (TPSA) is 60.8 Å². The third-order valence-electron chi connectivity index (χ3n) is 4.63. The molecular formula is C21H18N2O4S. The maximum atomic E-state index is 12.3. The monoisotopic (exact) mass is 394 g/mol. The van der Waals surface area contributed by atoms with Gasteiger partial charge >= 0.3 is 0 Å². The summed E-state index contributed by atoms with van der Waals surface area (Å²) < 4.78 is 12.7. The van der Waals surface area contributed by atoms with Gasteiger partial charge in [-0.15, -0.1) is 0 Å². The number of nitrogens with zero attached hydrogens (tertiary/aromatic N) is 2. The Morgan fingerprint density at radius 3 is 2.36 bits per heavy atom. The number of hydrogen-bond acceptors (Lipinski definition) is 5. The largest absolute Gasteiger partial charge is 0.497 e. The van der Waals surface area contributed by atoms with Crippen LogP contribution in [0.3, 0.4) is 0 Å². The van der Waals surface area contributed by atoms with Gasteiger partial charge in [-0.25, -0.2) is 4.90 Å². The summed E-state index contributed by atoms with van der Waals surface area (Å²) in [5.74, 6) is 1.07. The molecule has 0 aliphatic carbocycles. The molecule has 1 aliphatic heterocycles. The van der Waals surface area contributed by atoms with Crippen molar-refractivity contribution >= 4 is 39.5 Å². The van der Waals surface area contributed by atoms with Crippen molar-refractivity contribution in [3.05, 3.63) is 65.7 Å². The quantitative estimate of drug-likeness (QED) is 0.600. The Morgan fingerprint density at radius 2 is 1.75 bits per heavy atom. The predicted octanol–water partition coefficient (Wildman–Crippen LogP) is 4.42. The zero-order valence-electron chi connectivity index (χ0n) is 15.5. The number of hydrogen-bond donors (Lipinski definition) is 0. The van der Waals surface area contributed by atoms with Crippen molar-refractivity contribution in [2.45, 2.75) is 6.54 Å². The lowest BCUT2D eigenvalue weighted by Crippen LogP contribution is -2.27. The van der Waals surface area contributed by atoms with Crippen molar-refractivity contribution in [1.82, 2.24) is 4.57 Å². The highest BCUT2D eigenvalue weighted by molar-refractivity contribution is 8.18. The molecule has 2 heterocycles. The van der Waals surface area contributed by atoms with Gasteiger partial charge in [0.25, 0.3) is 11.1 Å². The van der Waals surface area contributed by atoms with Gasteiger partial charge < -0.3 is 14.0 Å². The Kier molecular flexibility index (Phi) is 4.60. The highest BCUT2D eigenvalue weighted by Gasteiger charge is 2.36. The first kappa shape index (κ1) is 18.2. The molecule has 28 heavy (non-hydrogen) atoms. The van der Waals surface area contributed by atoms with Gasteiger partial charge in [0.2, 0.25) is 0 Å². The second-order valence-corrected chi connectivity index (χ2v) is 7.35. The van der Waals surface area contributed by atoms with Crippen LogP contribution in [0.1, 0.15) is 5.56 Å². The number of amides is 2. The normalized spacial score (nSPS) is 14.2. The van der Waals surface area contributed by atoms with E-state index in [0.29, 0.717) is 12.2 Å². The molecular weight excluding hydrogens is 376 g/mol. The van der Waals surface area contributed by atoms with Crippen molar-refractivity contribution in [3.8, 4) is 11.5 Å². The molecule has 7 heteroatoms. The van der Waals surface area contributed by atoms with Crippen molar-refractivity contribution in [2.75, 3.05) is 19.1 Å². The summed E-state index contributed by atoms with van der Waals surface area (Å²) in [6.45, 7) is 4.24. The van der Waals surface area contributed by atoms with Gasteiger partial charge in [-0.1, -0.05) is 12.6 Å². The van der Waals surface area contributed by atoms with Crippen LogP contribution >= 0.6 is 11.8 Å². The molecule has 2 amide bonds. The number of fused-ring (bicyclic) bond motifs is 1. The minimum atomic E-state index is -0.368. The number of methoxy groups -OCH3 is 2. The first-order valence-electron chi connectivity index (χ1n) is 8.57. The van der Waals surface area contributed by atoms with E-state index in [-0.39, 0.29) is 16.1 Å². The lowest BCUT2D eigenvalue weighted by molar-refractivity contribution is -0.113. The van der Waals surface area contributed by atoms with E-state index in [9.17, 15) is 9.59 Å². The fraction of sp³-hybridized carbons (Fsp3) is 0.143. The van der Waals surface area contributed by atoms with Crippen molar-refractivity contribution in [3.63, 3.8) is 0 Å². The Hall–Kier alpha value is -3.19. The maximum absolute atomic E-state index is 12.3. The summed E-state index contributed by atoms with van der Waals surface area (Å²) in [5, 5.41) is 0.502. The van der Waals surface area contributed by atoms with Crippen LogP contribution in [0.25, 0.3) is 10.9 Å². The van der Waals surface area contributed by atoms with E-state index in [2.05, 4.69) is 11.1 Å². The highest BCUT2D eigenvalue weighted by atomic mass is 32.2. The lowest BCUT2D eigenvalue weighted by Gasteiger charge is -2.15. The summed E-state index contributed by atoms with van der Waals surface area (Å²) in [6, 6.07) is 13.2. The molecule has 142 valence electrons. The van der Waals surface area contributed by atoms with Gasteiger partial charge in [-0.3, -0.25) is 9.59 Å². The van der Waals surface area contributed by atoms with Crippen LogP contribution in [0, 0.1) is 0 Å². The molecule has 1 aliphatic rings. The van der Waals surface area contributed by atoms with E-state index in [0.717, 1.165) is 39.7 Å². The number of carbonyl (C=O) groups excluding carboxylic acids is 2. The molecule has 1 fully saturated rings. The number of thioether (sulfide) groups is 1. The van der Waals surface area contributed by atoms with Crippen LogP contribution in [0.15, 0.2) is 60.1 Å². The number of anilines is 1. The van der Waals surface area contributed by atoms with E-state index >= 15 is 0 Å². The predicted molar refractivity (Wildman–Crippen MR) is 110 cm³/mol. The van der Waals surface area contributed by atoms with E-state index in [1.165, 1.54) is 4.90 Å². The van der Waals surface area contributed by atoms with Gasteiger partial charge in [0.05, 0.1) is 30.3 Å². The molecule has 1 aromatic heterocycles. The average molecular weight is 394 g/mol. The fourth-order valence-electron chi connectivity index (χ4n) is 3.30. The summed E-state index contributed by atoms with van der Waals surface area (Å²) in [7, 11) is 3.23. The summed E-state index contributed by atoms with van der Waals surface area (Å²) in [4.78, 5) is 26.0. The average Bonchev–Trinajstić information content (AvgIpc) is 3.21. The first-order chi connectivity index (χ1) is 13.5. The van der Waals surface area contributed by atoms with Gasteiger partial charge in [0.1, 0.15) is 11.5 Å². The van der Waals surface area contributed by atoms with Crippen molar-refractivity contribution in [2.24, 2.45) is 0 Å². The van der Waals surface area contributed by atoms with Gasteiger partial charge in [0.15, 0.2) is 0 Å². The fourth-order valence-corrected chi connectivity index (χ4v) is 3.97. The zero-order valence-corrected chi connectivity index (χ0v) is 16.3. The molecule has 0 unspecified atom stereocenters. The third-order valence-corrected chi connectivity index (χ3v) is 5.41. The summed E-state index contributed by atoms with van der Waals surface area (Å²) in [6.07, 6.45) is 1.94. The van der Waals surface area contributed by atoms with Gasteiger partial charge in [0, 0.05) is 24.2 Å². The van der Waals surface area contributed by atoms with Crippen LogP contribution in [0.2, 0.25) is 0 Å². The molecule has 4 rings (SSSR count). The Morgan fingerprint density at radius 1 is 1.04 bits per heavy atom. The number of ether oxygens (including phenoxy) is 2. The Labute approximate surface area is 166 Å². The number of aromatic nitrogens is 1. The van der Waals surface area contributed by atoms with Crippen LogP contribution in [0.5, 0.6) is 11.5 Å². The maximum Gasteiger partial charge on any atom is 0.298 e. The van der Waals surface area contributed by atoms with Crippen molar-refractivity contribution in [1.29, 1.82) is 0 Å². The first-order valence-corrected chi connectivity index (χ1v) is 9.38. The second-order valence-electron chi connectivity index (χ2n) is 6.31. The lowest BCUT2D eigenvalue weighted by atomic mass is 10.1. The summed E-state index contributed by atoms with van der Waals surface area (Å²) in [5.41, 5.74) is 2.50. The van der Waals surface area contributed by atoms with E-state index in [1.54, 1.807) is 20.3 Å². The SMILES string of the molecule is C=C1SC(=O)N(c2cccc3c2ccn3Cc2cc(OC)cc(OC)c2)C1=O. The number of carbonyl (C=O) groups is 2. The van der Waals surface area contributed by atoms with Gasteiger partial charge in [-0.2, -0.15) is 0 Å². The van der Waals surface area contributed by atoms with Crippen molar-refractivity contribution < 1.29 is 19.1 Å². The zero-order chi connectivity index (χ0) is 19.8. The molecule has 1 saturated heterocycles. The number of benzene rings is 2. The van der Waals surface area contributed by atoms with E-state index < -0.39 is 0 Å². The molecule has 0 N–H and O–H groups in total.